The summed E-state index contributed by atoms with van der Waals surface area (Å²) in [4.78, 5) is 13.6. The molecule has 0 saturated heterocycles. The fraction of sp³-hybridized carbons (Fsp3) is 0.333. The van der Waals surface area contributed by atoms with Crippen LogP contribution in [0.2, 0.25) is 0 Å². The van der Waals surface area contributed by atoms with Crippen LogP contribution in [0.4, 0.5) is 13.2 Å². The molecule has 0 unspecified atom stereocenters. The van der Waals surface area contributed by atoms with Gasteiger partial charge in [-0.1, -0.05) is 27.7 Å². The van der Waals surface area contributed by atoms with Gasteiger partial charge in [0, 0.05) is 35.6 Å². The number of rotatable bonds is 0. The maximum absolute atomic E-state index is 12.4. The van der Waals surface area contributed by atoms with Gasteiger partial charge in [-0.3, -0.25) is 0 Å². The van der Waals surface area contributed by atoms with Crippen molar-refractivity contribution in [3.63, 3.8) is 0 Å². The van der Waals surface area contributed by atoms with E-state index in [0.717, 1.165) is 11.8 Å². The summed E-state index contributed by atoms with van der Waals surface area (Å²) in [6.07, 6.45) is 1.90. The summed E-state index contributed by atoms with van der Waals surface area (Å²) >= 11 is 0. The Kier molecular flexibility index (Phi) is 8.70. The normalized spacial score (nSPS) is 10.3. The van der Waals surface area contributed by atoms with E-state index >= 15 is 0 Å². The van der Waals surface area contributed by atoms with Crippen LogP contribution in [-0.2, 0) is 6.18 Å². The van der Waals surface area contributed by atoms with E-state index < -0.39 is 11.7 Å². The number of aryl methyl sites for hydroxylation is 2. The fourth-order valence-electron chi connectivity index (χ4n) is 2.39. The molecule has 0 atom stereocenters. The zero-order valence-electron chi connectivity index (χ0n) is 17.1. The first-order valence-corrected chi connectivity index (χ1v) is 9.25. The lowest BCUT2D eigenvalue weighted by molar-refractivity contribution is -0.136. The summed E-state index contributed by atoms with van der Waals surface area (Å²) in [5.74, 6) is 0. The maximum atomic E-state index is 12.4. The van der Waals surface area contributed by atoms with Crippen LogP contribution in [0.15, 0.2) is 43.0 Å². The van der Waals surface area contributed by atoms with Crippen molar-refractivity contribution in [3.05, 3.63) is 59.7 Å². The summed E-state index contributed by atoms with van der Waals surface area (Å²) in [7, 11) is 0. The van der Waals surface area contributed by atoms with E-state index in [1.54, 1.807) is 6.92 Å². The van der Waals surface area contributed by atoms with Crippen molar-refractivity contribution in [2.75, 3.05) is 0 Å². The van der Waals surface area contributed by atoms with Crippen molar-refractivity contribution in [1.29, 1.82) is 0 Å². The van der Waals surface area contributed by atoms with Crippen molar-refractivity contribution in [1.82, 2.24) is 19.9 Å². The predicted octanol–water partition coefficient (Wildman–Crippen LogP) is 6.81. The fourth-order valence-corrected chi connectivity index (χ4v) is 2.39. The van der Waals surface area contributed by atoms with E-state index in [9.17, 15) is 13.2 Å². The average Bonchev–Trinajstić information content (AvgIpc) is 3.31. The lowest BCUT2D eigenvalue weighted by Gasteiger charge is -2.03. The van der Waals surface area contributed by atoms with Crippen LogP contribution in [-0.4, -0.2) is 19.9 Å². The summed E-state index contributed by atoms with van der Waals surface area (Å²) in [5.41, 5.74) is 2.48. The van der Waals surface area contributed by atoms with Gasteiger partial charge in [-0.25, -0.2) is 9.97 Å². The van der Waals surface area contributed by atoms with Crippen molar-refractivity contribution in [3.8, 4) is 0 Å². The molecule has 0 radical (unpaired) electrons. The van der Waals surface area contributed by atoms with Crippen LogP contribution in [0, 0.1) is 13.8 Å². The number of aromatic amines is 2. The monoisotopic (exact) mass is 392 g/mol. The minimum absolute atomic E-state index is 0.123. The van der Waals surface area contributed by atoms with E-state index in [0.29, 0.717) is 5.56 Å². The molecule has 0 saturated carbocycles. The molecule has 0 aliphatic carbocycles. The number of nitrogens with zero attached hydrogens (tertiary/aromatic N) is 2. The van der Waals surface area contributed by atoms with Gasteiger partial charge in [-0.2, -0.15) is 13.2 Å². The third-order valence-electron chi connectivity index (χ3n) is 3.51. The molecule has 0 aromatic carbocycles. The molecular weight excluding hydrogens is 365 g/mol. The third kappa shape index (κ3) is 5.84. The van der Waals surface area contributed by atoms with Crippen LogP contribution >= 0.6 is 0 Å². The first kappa shape index (κ1) is 23.2. The second-order valence-electron chi connectivity index (χ2n) is 5.54. The van der Waals surface area contributed by atoms with Crippen LogP contribution in [0.1, 0.15) is 44.4 Å². The molecule has 0 aliphatic rings. The largest absolute Gasteiger partial charge is 0.418 e. The molecule has 7 heteroatoms. The average molecular weight is 392 g/mol. The first-order valence-electron chi connectivity index (χ1n) is 9.25. The Balaban J connectivity index is 0.000000246. The van der Waals surface area contributed by atoms with Gasteiger partial charge in [0.05, 0.1) is 5.56 Å². The number of hydrogen-bond donors (Lipinski definition) is 2. The first-order chi connectivity index (χ1) is 13.3. The number of halogens is 3. The molecule has 0 bridgehead atoms. The minimum Gasteiger partial charge on any atom is -0.346 e. The summed E-state index contributed by atoms with van der Waals surface area (Å²) < 4.78 is 37.3. The van der Waals surface area contributed by atoms with Crippen molar-refractivity contribution >= 4 is 22.1 Å². The number of nitrogens with one attached hydrogen (secondary N) is 2. The Labute approximate surface area is 163 Å². The molecule has 0 aliphatic heterocycles. The number of H-pyrrole nitrogens is 2. The Bertz CT molecular complexity index is 984. The van der Waals surface area contributed by atoms with Crippen LogP contribution in [0.5, 0.6) is 0 Å². The quantitative estimate of drug-likeness (QED) is 0.345. The van der Waals surface area contributed by atoms with E-state index in [-0.39, 0.29) is 11.0 Å². The Morgan fingerprint density at radius 1 is 0.821 bits per heavy atom. The highest BCUT2D eigenvalue weighted by Gasteiger charge is 2.33. The number of alkyl halides is 3. The zero-order chi connectivity index (χ0) is 21.3. The van der Waals surface area contributed by atoms with Crippen LogP contribution in [0.25, 0.3) is 22.1 Å². The van der Waals surface area contributed by atoms with E-state index in [2.05, 4.69) is 26.0 Å². The molecule has 0 amide bonds. The van der Waals surface area contributed by atoms with Gasteiger partial charge >= 0.3 is 6.18 Å². The van der Waals surface area contributed by atoms with Crippen molar-refractivity contribution < 1.29 is 13.2 Å². The predicted molar refractivity (Wildman–Crippen MR) is 109 cm³/mol. The van der Waals surface area contributed by atoms with E-state index in [1.807, 2.05) is 53.1 Å². The van der Waals surface area contributed by atoms with Gasteiger partial charge in [0.15, 0.2) is 0 Å². The summed E-state index contributed by atoms with van der Waals surface area (Å²) in [6.45, 7) is 11.7. The molecule has 4 heterocycles. The van der Waals surface area contributed by atoms with Gasteiger partial charge in [-0.05, 0) is 43.2 Å². The third-order valence-corrected chi connectivity index (χ3v) is 3.51. The van der Waals surface area contributed by atoms with Gasteiger partial charge < -0.3 is 9.97 Å². The molecule has 28 heavy (non-hydrogen) atoms. The number of hydrogen-bond acceptors (Lipinski definition) is 2. The highest BCUT2D eigenvalue weighted by molar-refractivity contribution is 5.80. The smallest absolute Gasteiger partial charge is 0.346 e. The molecule has 4 aromatic heterocycles. The second kappa shape index (κ2) is 10.5. The molecule has 4 aromatic rings. The molecule has 4 nitrogen and oxygen atoms in total. The molecule has 152 valence electrons. The number of aromatic nitrogens is 4. The summed E-state index contributed by atoms with van der Waals surface area (Å²) in [6, 6.07) is 5.61. The highest BCUT2D eigenvalue weighted by Crippen LogP contribution is 2.34. The summed E-state index contributed by atoms with van der Waals surface area (Å²) in [5, 5.41) is 1.30. The Morgan fingerprint density at radius 2 is 1.39 bits per heavy atom. The number of pyridine rings is 2. The molecule has 0 fully saturated rings. The minimum atomic E-state index is -4.33. The van der Waals surface area contributed by atoms with Crippen LogP contribution < -0.4 is 0 Å². The molecule has 2 N–H and O–H groups in total. The van der Waals surface area contributed by atoms with Gasteiger partial charge in [0.2, 0.25) is 0 Å². The van der Waals surface area contributed by atoms with E-state index in [4.69, 9.17) is 0 Å². The van der Waals surface area contributed by atoms with Crippen molar-refractivity contribution in [2.24, 2.45) is 0 Å². The Hall–Kier alpha value is -2.83. The SMILES string of the molecule is CC.CC.Cc1cnc2[nH]cc(C(F)(F)F)c2c1.Cc1cnc2[nH]ccc2c1. The van der Waals surface area contributed by atoms with Gasteiger partial charge in [0.1, 0.15) is 11.3 Å². The standard InChI is InChI=1S/C9H7F3N2.C8H8N2.2C2H6/c1-5-2-6-7(9(10,11)12)4-14-8(6)13-3-5;1-6-4-7-2-3-9-8(7)10-5-6;2*1-2/h2-4H,1H3,(H,13,14);2-5H,1H3,(H,9,10);2*1-2H3. The molecule has 0 spiro atoms. The zero-order valence-corrected chi connectivity index (χ0v) is 17.1. The second-order valence-corrected chi connectivity index (χ2v) is 5.54. The number of fused-ring (bicyclic) bond motifs is 2. The Morgan fingerprint density at radius 3 is 2.00 bits per heavy atom. The van der Waals surface area contributed by atoms with Crippen LogP contribution in [0.3, 0.4) is 0 Å². The molecule has 4 rings (SSSR count). The topological polar surface area (TPSA) is 57.4 Å². The van der Waals surface area contributed by atoms with Crippen molar-refractivity contribution in [2.45, 2.75) is 47.7 Å². The molecular formula is C21H27F3N4. The van der Waals surface area contributed by atoms with E-state index in [1.165, 1.54) is 23.2 Å². The van der Waals surface area contributed by atoms with Gasteiger partial charge in [-0.15, -0.1) is 0 Å². The maximum Gasteiger partial charge on any atom is 0.418 e. The van der Waals surface area contributed by atoms with Gasteiger partial charge in [0.25, 0.3) is 0 Å². The lowest BCUT2D eigenvalue weighted by Crippen LogP contribution is -2.03. The lowest BCUT2D eigenvalue weighted by atomic mass is 10.2. The highest BCUT2D eigenvalue weighted by atomic mass is 19.4.